The molecule has 1 N–H and O–H groups in total. The van der Waals surface area contributed by atoms with Crippen LogP contribution in [-0.2, 0) is 16.4 Å². The van der Waals surface area contributed by atoms with Gasteiger partial charge >= 0.3 is 0 Å². The van der Waals surface area contributed by atoms with Crippen molar-refractivity contribution in [2.24, 2.45) is 0 Å². The molecule has 1 aromatic carbocycles. The van der Waals surface area contributed by atoms with Crippen molar-refractivity contribution in [3.63, 3.8) is 0 Å². The predicted molar refractivity (Wildman–Crippen MR) is 83.4 cm³/mol. The molecule has 0 aliphatic heterocycles. The van der Waals surface area contributed by atoms with Crippen molar-refractivity contribution in [1.82, 2.24) is 15.1 Å². The molecular weight excluding hydrogens is 310 g/mol. The van der Waals surface area contributed by atoms with E-state index < -0.39 is 9.84 Å². The second-order valence-corrected chi connectivity index (χ2v) is 7.18. The first-order valence-corrected chi connectivity index (χ1v) is 8.84. The highest BCUT2D eigenvalue weighted by molar-refractivity contribution is 7.90. The summed E-state index contributed by atoms with van der Waals surface area (Å²) in [6, 6.07) is 6.65. The summed E-state index contributed by atoms with van der Waals surface area (Å²) in [7, 11) is -1.36. The number of nitrogens with one attached hydrogen (secondary N) is 1. The van der Waals surface area contributed by atoms with Crippen LogP contribution in [0.15, 0.2) is 35.4 Å². The summed E-state index contributed by atoms with van der Waals surface area (Å²) in [4.78, 5) is 0.302. The lowest BCUT2D eigenvalue weighted by Gasteiger charge is -2.19. The topological polar surface area (TPSA) is 64.0 Å². The predicted octanol–water partition coefficient (Wildman–Crippen LogP) is 2.27. The third-order valence-corrected chi connectivity index (χ3v) is 4.76. The highest BCUT2D eigenvalue weighted by Gasteiger charge is 2.20. The molecule has 21 heavy (non-hydrogen) atoms. The average molecular weight is 328 g/mol. The van der Waals surface area contributed by atoms with Gasteiger partial charge in [0.15, 0.2) is 9.84 Å². The van der Waals surface area contributed by atoms with Crippen molar-refractivity contribution < 1.29 is 8.42 Å². The van der Waals surface area contributed by atoms with Crippen LogP contribution in [0, 0.1) is 0 Å². The van der Waals surface area contributed by atoms with Gasteiger partial charge in [0.1, 0.15) is 0 Å². The standard InChI is InChI=1S/C14H18ClN3O2S/c1-4-18-14(12(15)9-17-18)13(16-2)10-5-7-11(8-6-10)21(3,19)20/h5-9,13,16H,4H2,1-3H3. The van der Waals surface area contributed by atoms with E-state index in [9.17, 15) is 8.42 Å². The molecule has 114 valence electrons. The molecule has 0 bridgehead atoms. The van der Waals surface area contributed by atoms with E-state index in [0.29, 0.717) is 16.5 Å². The van der Waals surface area contributed by atoms with Crippen molar-refractivity contribution in [3.05, 3.63) is 46.7 Å². The molecule has 0 amide bonds. The summed E-state index contributed by atoms with van der Waals surface area (Å²) < 4.78 is 24.9. The van der Waals surface area contributed by atoms with Crippen molar-refractivity contribution in [2.75, 3.05) is 13.3 Å². The average Bonchev–Trinajstić information content (AvgIpc) is 2.81. The number of halogens is 1. The lowest BCUT2D eigenvalue weighted by molar-refractivity contribution is 0.563. The van der Waals surface area contributed by atoms with Crippen LogP contribution in [0.25, 0.3) is 0 Å². The van der Waals surface area contributed by atoms with Crippen LogP contribution in [0.1, 0.15) is 24.2 Å². The van der Waals surface area contributed by atoms with Crippen molar-refractivity contribution in [3.8, 4) is 0 Å². The van der Waals surface area contributed by atoms with Crippen molar-refractivity contribution in [1.29, 1.82) is 0 Å². The molecule has 2 rings (SSSR count). The lowest BCUT2D eigenvalue weighted by Crippen LogP contribution is -2.21. The molecule has 0 saturated heterocycles. The van der Waals surface area contributed by atoms with E-state index in [1.165, 1.54) is 6.26 Å². The number of sulfone groups is 1. The molecule has 1 unspecified atom stereocenters. The van der Waals surface area contributed by atoms with Crippen molar-refractivity contribution in [2.45, 2.75) is 24.4 Å². The Kier molecular flexibility index (Phi) is 4.70. The van der Waals surface area contributed by atoms with Crippen molar-refractivity contribution >= 4 is 21.4 Å². The van der Waals surface area contributed by atoms with E-state index in [1.807, 2.05) is 18.7 Å². The molecule has 0 aliphatic rings. The first-order valence-electron chi connectivity index (χ1n) is 6.57. The molecule has 5 nitrogen and oxygen atoms in total. The van der Waals surface area contributed by atoms with Gasteiger partial charge in [-0.1, -0.05) is 23.7 Å². The number of aryl methyl sites for hydroxylation is 1. The maximum absolute atomic E-state index is 11.5. The molecule has 2 aromatic rings. The number of nitrogens with zero attached hydrogens (tertiary/aromatic N) is 2. The summed E-state index contributed by atoms with van der Waals surface area (Å²) in [6.07, 6.45) is 2.82. The zero-order valence-electron chi connectivity index (χ0n) is 12.2. The summed E-state index contributed by atoms with van der Waals surface area (Å²) in [5.41, 5.74) is 1.80. The highest BCUT2D eigenvalue weighted by Crippen LogP contribution is 2.28. The van der Waals surface area contributed by atoms with E-state index in [0.717, 1.165) is 11.3 Å². The van der Waals surface area contributed by atoms with Gasteiger partial charge in [0, 0.05) is 12.8 Å². The van der Waals surface area contributed by atoms with Crippen LogP contribution in [0.5, 0.6) is 0 Å². The molecule has 1 aromatic heterocycles. The molecule has 0 radical (unpaired) electrons. The molecule has 1 heterocycles. The van der Waals surface area contributed by atoms with E-state index in [1.54, 1.807) is 30.5 Å². The Balaban J connectivity index is 2.45. The van der Waals surface area contributed by atoms with Gasteiger partial charge in [0.05, 0.1) is 27.9 Å². The molecule has 0 saturated carbocycles. The number of rotatable bonds is 5. The van der Waals surface area contributed by atoms with Crippen LogP contribution in [0.4, 0.5) is 0 Å². The smallest absolute Gasteiger partial charge is 0.175 e. The minimum atomic E-state index is -3.19. The maximum atomic E-state index is 11.5. The highest BCUT2D eigenvalue weighted by atomic mass is 35.5. The minimum Gasteiger partial charge on any atom is -0.308 e. The quantitative estimate of drug-likeness (QED) is 0.915. The Bertz CT molecular complexity index is 723. The van der Waals surface area contributed by atoms with Gasteiger partial charge in [0.2, 0.25) is 0 Å². The van der Waals surface area contributed by atoms with Gasteiger partial charge in [-0.15, -0.1) is 0 Å². The van der Waals surface area contributed by atoms with Crippen LogP contribution in [-0.4, -0.2) is 31.5 Å². The first-order chi connectivity index (χ1) is 9.88. The van der Waals surface area contributed by atoms with Gasteiger partial charge in [0.25, 0.3) is 0 Å². The van der Waals surface area contributed by atoms with Crippen LogP contribution in [0.2, 0.25) is 5.02 Å². The van der Waals surface area contributed by atoms with Gasteiger partial charge in [-0.2, -0.15) is 5.10 Å². The van der Waals surface area contributed by atoms with E-state index in [4.69, 9.17) is 11.6 Å². The van der Waals surface area contributed by atoms with E-state index in [-0.39, 0.29) is 6.04 Å². The zero-order chi connectivity index (χ0) is 15.6. The van der Waals surface area contributed by atoms with E-state index >= 15 is 0 Å². The summed E-state index contributed by atoms with van der Waals surface area (Å²) >= 11 is 6.23. The van der Waals surface area contributed by atoms with Crippen LogP contribution >= 0.6 is 11.6 Å². The number of hydrogen-bond acceptors (Lipinski definition) is 4. The SMILES string of the molecule is CCn1ncc(Cl)c1C(NC)c1ccc(S(C)(=O)=O)cc1. The van der Waals surface area contributed by atoms with Crippen LogP contribution in [0.3, 0.4) is 0 Å². The van der Waals surface area contributed by atoms with Gasteiger partial charge in [-0.05, 0) is 31.7 Å². The molecule has 7 heteroatoms. The Morgan fingerprint density at radius 3 is 2.43 bits per heavy atom. The molecule has 0 fully saturated rings. The molecule has 0 spiro atoms. The van der Waals surface area contributed by atoms with E-state index in [2.05, 4.69) is 10.4 Å². The molecule has 0 aliphatic carbocycles. The zero-order valence-corrected chi connectivity index (χ0v) is 13.7. The summed E-state index contributed by atoms with van der Waals surface area (Å²) in [5.74, 6) is 0. The first kappa shape index (κ1) is 16.0. The molecule has 1 atom stereocenters. The number of benzene rings is 1. The Labute approximate surface area is 129 Å². The Hall–Kier alpha value is -1.37. The fraction of sp³-hybridized carbons (Fsp3) is 0.357. The monoisotopic (exact) mass is 327 g/mol. The van der Waals surface area contributed by atoms with Gasteiger partial charge in [-0.25, -0.2) is 8.42 Å². The second-order valence-electron chi connectivity index (χ2n) is 4.76. The number of hydrogen-bond donors (Lipinski definition) is 1. The third-order valence-electron chi connectivity index (χ3n) is 3.34. The lowest BCUT2D eigenvalue weighted by atomic mass is 10.0. The maximum Gasteiger partial charge on any atom is 0.175 e. The van der Waals surface area contributed by atoms with Gasteiger partial charge in [-0.3, -0.25) is 4.68 Å². The normalized spacial score (nSPS) is 13.3. The summed E-state index contributed by atoms with van der Waals surface area (Å²) in [6.45, 7) is 2.70. The van der Waals surface area contributed by atoms with Gasteiger partial charge < -0.3 is 5.32 Å². The minimum absolute atomic E-state index is 0.145. The number of aromatic nitrogens is 2. The fourth-order valence-corrected chi connectivity index (χ4v) is 3.16. The Morgan fingerprint density at radius 1 is 1.33 bits per heavy atom. The molecular formula is C14H18ClN3O2S. The third kappa shape index (κ3) is 3.28. The summed E-state index contributed by atoms with van der Waals surface area (Å²) in [5, 5.41) is 8.02. The largest absolute Gasteiger partial charge is 0.308 e. The fourth-order valence-electron chi connectivity index (χ4n) is 2.28. The van der Waals surface area contributed by atoms with Crippen LogP contribution < -0.4 is 5.32 Å². The Morgan fingerprint density at radius 2 is 1.95 bits per heavy atom. The second kappa shape index (κ2) is 6.17.